The van der Waals surface area contributed by atoms with E-state index in [-0.39, 0.29) is 0 Å². The molecule has 4 heteroatoms. The molecule has 0 radical (unpaired) electrons. The molecule has 0 saturated carbocycles. The number of carboxylic acids is 1. The number of aromatic nitrogens is 1. The van der Waals surface area contributed by atoms with E-state index >= 15 is 0 Å². The SMILES string of the molecule is CCCCc1c(C(C)C(=O)O)[nH]c2ccc(Cl)cc12. The number of nitrogens with one attached hydrogen (secondary N) is 1. The number of unbranched alkanes of at least 4 members (excludes halogenated alkanes) is 1. The van der Waals surface area contributed by atoms with Crippen molar-refractivity contribution in [2.24, 2.45) is 0 Å². The molecule has 0 amide bonds. The lowest BCUT2D eigenvalue weighted by Crippen LogP contribution is -2.09. The van der Waals surface area contributed by atoms with Gasteiger partial charge in [0.1, 0.15) is 0 Å². The molecule has 1 atom stereocenters. The Hall–Kier alpha value is -1.48. The zero-order valence-corrected chi connectivity index (χ0v) is 11.9. The summed E-state index contributed by atoms with van der Waals surface area (Å²) in [7, 11) is 0. The highest BCUT2D eigenvalue weighted by Gasteiger charge is 2.21. The third-order valence-corrected chi connectivity index (χ3v) is 3.72. The number of H-pyrrole nitrogens is 1. The zero-order chi connectivity index (χ0) is 14.0. The van der Waals surface area contributed by atoms with E-state index in [9.17, 15) is 9.90 Å². The van der Waals surface area contributed by atoms with Crippen LogP contribution in [0.5, 0.6) is 0 Å². The summed E-state index contributed by atoms with van der Waals surface area (Å²) in [4.78, 5) is 14.5. The minimum Gasteiger partial charge on any atom is -0.481 e. The number of hydrogen-bond acceptors (Lipinski definition) is 1. The number of aryl methyl sites for hydroxylation is 1. The van der Waals surface area contributed by atoms with Crippen molar-refractivity contribution in [3.63, 3.8) is 0 Å². The van der Waals surface area contributed by atoms with Gasteiger partial charge >= 0.3 is 5.97 Å². The highest BCUT2D eigenvalue weighted by Crippen LogP contribution is 2.31. The Morgan fingerprint density at radius 2 is 2.21 bits per heavy atom. The Labute approximate surface area is 117 Å². The van der Waals surface area contributed by atoms with Gasteiger partial charge in [-0.1, -0.05) is 24.9 Å². The van der Waals surface area contributed by atoms with Crippen LogP contribution in [-0.4, -0.2) is 16.1 Å². The molecule has 0 aliphatic carbocycles. The number of aromatic amines is 1. The quantitative estimate of drug-likeness (QED) is 0.855. The number of benzene rings is 1. The smallest absolute Gasteiger partial charge is 0.312 e. The molecule has 1 aromatic carbocycles. The van der Waals surface area contributed by atoms with Gasteiger partial charge in [-0.2, -0.15) is 0 Å². The lowest BCUT2D eigenvalue weighted by Gasteiger charge is -2.08. The second-order valence-electron chi connectivity index (χ2n) is 4.87. The number of halogens is 1. The maximum Gasteiger partial charge on any atom is 0.312 e. The van der Waals surface area contributed by atoms with Gasteiger partial charge in [0, 0.05) is 21.6 Å². The molecule has 1 aromatic heterocycles. The van der Waals surface area contributed by atoms with Crippen LogP contribution in [0, 0.1) is 0 Å². The summed E-state index contributed by atoms with van der Waals surface area (Å²) in [5.41, 5.74) is 2.85. The first-order chi connectivity index (χ1) is 9.04. The number of aliphatic carboxylic acids is 1. The summed E-state index contributed by atoms with van der Waals surface area (Å²) >= 11 is 6.05. The van der Waals surface area contributed by atoms with E-state index < -0.39 is 11.9 Å². The van der Waals surface area contributed by atoms with Crippen LogP contribution in [0.2, 0.25) is 5.02 Å². The highest BCUT2D eigenvalue weighted by atomic mass is 35.5. The Morgan fingerprint density at radius 1 is 1.47 bits per heavy atom. The summed E-state index contributed by atoms with van der Waals surface area (Å²) in [5.74, 6) is -1.34. The second kappa shape index (κ2) is 5.66. The predicted molar refractivity (Wildman–Crippen MR) is 78.0 cm³/mol. The van der Waals surface area contributed by atoms with Gasteiger partial charge in [0.25, 0.3) is 0 Å². The molecule has 19 heavy (non-hydrogen) atoms. The van der Waals surface area contributed by atoms with E-state index in [1.807, 2.05) is 18.2 Å². The summed E-state index contributed by atoms with van der Waals surface area (Å²) in [6, 6.07) is 5.64. The topological polar surface area (TPSA) is 53.1 Å². The molecule has 2 rings (SSSR count). The lowest BCUT2D eigenvalue weighted by atomic mass is 9.98. The van der Waals surface area contributed by atoms with Gasteiger partial charge < -0.3 is 10.1 Å². The van der Waals surface area contributed by atoms with E-state index in [2.05, 4.69) is 11.9 Å². The molecule has 3 nitrogen and oxygen atoms in total. The Bertz CT molecular complexity index is 603. The van der Waals surface area contributed by atoms with Gasteiger partial charge in [0.05, 0.1) is 5.92 Å². The fraction of sp³-hybridized carbons (Fsp3) is 0.400. The molecule has 2 aromatic rings. The molecular formula is C15H18ClNO2. The average molecular weight is 280 g/mol. The van der Waals surface area contributed by atoms with Gasteiger partial charge in [-0.25, -0.2) is 0 Å². The van der Waals surface area contributed by atoms with Crippen molar-refractivity contribution in [2.45, 2.75) is 39.0 Å². The Kier molecular flexibility index (Phi) is 4.15. The van der Waals surface area contributed by atoms with Crippen molar-refractivity contribution in [3.05, 3.63) is 34.5 Å². The van der Waals surface area contributed by atoms with Crippen LogP contribution in [0.15, 0.2) is 18.2 Å². The molecule has 0 fully saturated rings. The van der Waals surface area contributed by atoms with Crippen molar-refractivity contribution in [3.8, 4) is 0 Å². The van der Waals surface area contributed by atoms with Gasteiger partial charge in [0.15, 0.2) is 0 Å². The van der Waals surface area contributed by atoms with Crippen LogP contribution in [0.4, 0.5) is 0 Å². The van der Waals surface area contributed by atoms with Gasteiger partial charge in [0.2, 0.25) is 0 Å². The average Bonchev–Trinajstić information content (AvgIpc) is 2.73. The van der Waals surface area contributed by atoms with E-state index in [1.165, 1.54) is 0 Å². The first-order valence-electron chi connectivity index (χ1n) is 6.57. The Morgan fingerprint density at radius 3 is 2.84 bits per heavy atom. The number of rotatable bonds is 5. The molecule has 0 spiro atoms. The minimum absolute atomic E-state index is 0.530. The van der Waals surface area contributed by atoms with E-state index in [0.29, 0.717) is 5.02 Å². The van der Waals surface area contributed by atoms with Crippen molar-refractivity contribution in [1.29, 1.82) is 0 Å². The number of hydrogen-bond donors (Lipinski definition) is 2. The normalized spacial score (nSPS) is 12.8. The maximum absolute atomic E-state index is 11.2. The fourth-order valence-corrected chi connectivity index (χ4v) is 2.53. The molecule has 102 valence electrons. The predicted octanol–water partition coefficient (Wildman–Crippen LogP) is 4.35. The molecule has 0 aliphatic heterocycles. The molecular weight excluding hydrogens is 262 g/mol. The van der Waals surface area contributed by atoms with Crippen molar-refractivity contribution in [1.82, 2.24) is 4.98 Å². The van der Waals surface area contributed by atoms with Gasteiger partial charge in [-0.3, -0.25) is 4.79 Å². The van der Waals surface area contributed by atoms with Gasteiger partial charge in [-0.05, 0) is 43.5 Å². The summed E-state index contributed by atoms with van der Waals surface area (Å²) in [5, 5.41) is 10.9. The van der Waals surface area contributed by atoms with E-state index in [0.717, 1.165) is 41.4 Å². The third-order valence-electron chi connectivity index (χ3n) is 3.48. The van der Waals surface area contributed by atoms with Gasteiger partial charge in [-0.15, -0.1) is 0 Å². The first-order valence-corrected chi connectivity index (χ1v) is 6.95. The minimum atomic E-state index is -0.810. The number of fused-ring (bicyclic) bond motifs is 1. The second-order valence-corrected chi connectivity index (χ2v) is 5.31. The highest BCUT2D eigenvalue weighted by molar-refractivity contribution is 6.31. The van der Waals surface area contributed by atoms with Crippen LogP contribution in [0.1, 0.15) is 43.9 Å². The molecule has 1 heterocycles. The largest absolute Gasteiger partial charge is 0.481 e. The maximum atomic E-state index is 11.2. The Balaban J connectivity index is 2.57. The lowest BCUT2D eigenvalue weighted by molar-refractivity contribution is -0.138. The summed E-state index contributed by atoms with van der Waals surface area (Å²) < 4.78 is 0. The molecule has 1 unspecified atom stereocenters. The van der Waals surface area contributed by atoms with E-state index in [1.54, 1.807) is 6.92 Å². The van der Waals surface area contributed by atoms with Crippen LogP contribution in [0.25, 0.3) is 10.9 Å². The molecule has 2 N–H and O–H groups in total. The van der Waals surface area contributed by atoms with Crippen LogP contribution < -0.4 is 0 Å². The van der Waals surface area contributed by atoms with E-state index in [4.69, 9.17) is 11.6 Å². The molecule has 0 aliphatic rings. The molecule has 0 saturated heterocycles. The monoisotopic (exact) mass is 279 g/mol. The summed E-state index contributed by atoms with van der Waals surface area (Å²) in [6.07, 6.45) is 3.00. The zero-order valence-electron chi connectivity index (χ0n) is 11.2. The number of carbonyl (C=O) groups is 1. The van der Waals surface area contributed by atoms with Crippen molar-refractivity contribution in [2.75, 3.05) is 0 Å². The standard InChI is InChI=1S/C15H18ClNO2/c1-3-4-5-11-12-8-10(16)6-7-13(12)17-14(11)9(2)15(18)19/h6-9,17H,3-5H2,1-2H3,(H,18,19). The van der Waals surface area contributed by atoms with Crippen molar-refractivity contribution >= 4 is 28.5 Å². The first kappa shape index (κ1) is 13.9. The van der Waals surface area contributed by atoms with Crippen LogP contribution >= 0.6 is 11.6 Å². The van der Waals surface area contributed by atoms with Crippen LogP contribution in [-0.2, 0) is 11.2 Å². The van der Waals surface area contributed by atoms with Crippen LogP contribution in [0.3, 0.4) is 0 Å². The van der Waals surface area contributed by atoms with Crippen molar-refractivity contribution < 1.29 is 9.90 Å². The number of carboxylic acid groups (broad SMARTS) is 1. The summed E-state index contributed by atoms with van der Waals surface area (Å²) in [6.45, 7) is 3.84. The molecule has 0 bridgehead atoms. The fourth-order valence-electron chi connectivity index (χ4n) is 2.36. The third kappa shape index (κ3) is 2.76.